The molecule has 0 radical (unpaired) electrons. The van der Waals surface area contributed by atoms with Gasteiger partial charge in [-0.1, -0.05) is 26.2 Å². The maximum atomic E-state index is 10.7. The van der Waals surface area contributed by atoms with E-state index in [-0.39, 0.29) is 5.97 Å². The van der Waals surface area contributed by atoms with Crippen LogP contribution >= 0.6 is 0 Å². The molecule has 13 heavy (non-hydrogen) atoms. The Balaban J connectivity index is 2.20. The highest BCUT2D eigenvalue weighted by Crippen LogP contribution is 2.14. The lowest BCUT2D eigenvalue weighted by molar-refractivity contribution is -0.142. The fraction of sp³-hybridized carbons (Fsp3) is 0.700. The minimum atomic E-state index is -0.533. The molecule has 0 aliphatic carbocycles. The predicted molar refractivity (Wildman–Crippen MR) is 49.2 cm³/mol. The van der Waals surface area contributed by atoms with E-state index in [2.05, 4.69) is 6.92 Å². The number of carbonyl (C=O) groups is 1. The van der Waals surface area contributed by atoms with Crippen molar-refractivity contribution >= 4 is 5.97 Å². The third-order valence-corrected chi connectivity index (χ3v) is 2.16. The van der Waals surface area contributed by atoms with Crippen LogP contribution < -0.4 is 0 Å². The molecule has 3 nitrogen and oxygen atoms in total. The zero-order chi connectivity index (χ0) is 9.68. The fourth-order valence-electron chi connectivity index (χ4n) is 1.36. The second-order valence-electron chi connectivity index (χ2n) is 3.32. The summed E-state index contributed by atoms with van der Waals surface area (Å²) in [6, 6.07) is 0. The van der Waals surface area contributed by atoms with E-state index in [1.54, 1.807) is 6.08 Å². The summed E-state index contributed by atoms with van der Waals surface area (Å²) in [7, 11) is 0. The van der Waals surface area contributed by atoms with Crippen molar-refractivity contribution in [1.82, 2.24) is 0 Å². The number of ether oxygens (including phenoxy) is 1. The molecule has 1 rings (SSSR count). The van der Waals surface area contributed by atoms with Gasteiger partial charge in [0.05, 0.1) is 6.10 Å². The number of cyclic esters (lactones) is 1. The molecule has 1 heterocycles. The van der Waals surface area contributed by atoms with Gasteiger partial charge in [0.1, 0.15) is 6.10 Å². The zero-order valence-electron chi connectivity index (χ0n) is 7.90. The van der Waals surface area contributed by atoms with Crippen LogP contribution in [0.25, 0.3) is 0 Å². The molecular formula is C10H16O3. The van der Waals surface area contributed by atoms with Gasteiger partial charge in [-0.15, -0.1) is 0 Å². The van der Waals surface area contributed by atoms with E-state index < -0.39 is 12.2 Å². The molecule has 0 aromatic heterocycles. The Hall–Kier alpha value is -0.830. The third kappa shape index (κ3) is 3.19. The highest BCUT2D eigenvalue weighted by molar-refractivity contribution is 5.84. The highest BCUT2D eigenvalue weighted by Gasteiger charge is 2.23. The Morgan fingerprint density at radius 3 is 2.92 bits per heavy atom. The number of esters is 1. The average Bonchev–Trinajstić information content (AvgIpc) is 2.52. The van der Waals surface area contributed by atoms with Crippen molar-refractivity contribution < 1.29 is 14.6 Å². The molecule has 1 aliphatic rings. The first kappa shape index (κ1) is 10.3. The van der Waals surface area contributed by atoms with Crippen LogP contribution in [-0.2, 0) is 9.53 Å². The maximum Gasteiger partial charge on any atom is 0.331 e. The molecule has 0 bridgehead atoms. The number of unbranched alkanes of at least 4 members (excludes halogenated alkanes) is 2. The van der Waals surface area contributed by atoms with Crippen LogP contribution in [0.3, 0.4) is 0 Å². The maximum absolute atomic E-state index is 10.7. The Kier molecular flexibility index (Phi) is 3.96. The molecule has 0 aromatic rings. The summed E-state index contributed by atoms with van der Waals surface area (Å²) in [4.78, 5) is 10.7. The van der Waals surface area contributed by atoms with Gasteiger partial charge in [-0.25, -0.2) is 4.79 Å². The van der Waals surface area contributed by atoms with E-state index in [0.717, 1.165) is 19.3 Å². The van der Waals surface area contributed by atoms with Gasteiger partial charge >= 0.3 is 5.97 Å². The van der Waals surface area contributed by atoms with Crippen molar-refractivity contribution in [3.05, 3.63) is 12.2 Å². The van der Waals surface area contributed by atoms with Crippen LogP contribution in [0.1, 0.15) is 32.6 Å². The van der Waals surface area contributed by atoms with Gasteiger partial charge in [-0.3, -0.25) is 0 Å². The third-order valence-electron chi connectivity index (χ3n) is 2.16. The summed E-state index contributed by atoms with van der Waals surface area (Å²) in [6.07, 6.45) is 5.98. The van der Waals surface area contributed by atoms with Gasteiger partial charge in [0.2, 0.25) is 0 Å². The van der Waals surface area contributed by atoms with E-state index in [1.165, 1.54) is 6.08 Å². The number of hydrogen-bond donors (Lipinski definition) is 1. The van der Waals surface area contributed by atoms with Crippen molar-refractivity contribution in [3.63, 3.8) is 0 Å². The van der Waals surface area contributed by atoms with Gasteiger partial charge in [0.15, 0.2) is 0 Å². The molecule has 3 heteroatoms. The number of rotatable bonds is 5. The van der Waals surface area contributed by atoms with Crippen LogP contribution in [0.15, 0.2) is 12.2 Å². The molecule has 0 amide bonds. The second kappa shape index (κ2) is 5.02. The van der Waals surface area contributed by atoms with Crippen molar-refractivity contribution in [1.29, 1.82) is 0 Å². The molecule has 0 aromatic carbocycles. The Morgan fingerprint density at radius 2 is 2.38 bits per heavy atom. The zero-order valence-corrected chi connectivity index (χ0v) is 7.90. The van der Waals surface area contributed by atoms with Crippen molar-refractivity contribution in [2.45, 2.75) is 44.8 Å². The van der Waals surface area contributed by atoms with E-state index in [1.807, 2.05) is 0 Å². The average molecular weight is 184 g/mol. The summed E-state index contributed by atoms with van der Waals surface area (Å²) >= 11 is 0. The Labute approximate surface area is 78.4 Å². The molecule has 1 aliphatic heterocycles. The lowest BCUT2D eigenvalue weighted by atomic mass is 10.1. The first-order chi connectivity index (χ1) is 6.24. The van der Waals surface area contributed by atoms with E-state index in [9.17, 15) is 9.90 Å². The standard InChI is InChI=1S/C10H16O3/c1-2-3-4-5-8(11)9-6-7-10(12)13-9/h6-9,11H,2-5H2,1H3/t8-,9-/m0/s1. The van der Waals surface area contributed by atoms with Crippen LogP contribution in [-0.4, -0.2) is 23.3 Å². The number of aliphatic hydroxyl groups excluding tert-OH is 1. The molecule has 1 N–H and O–H groups in total. The summed E-state index contributed by atoms with van der Waals surface area (Å²) in [5.74, 6) is -0.348. The van der Waals surface area contributed by atoms with Crippen LogP contribution in [0.4, 0.5) is 0 Å². The molecule has 74 valence electrons. The van der Waals surface area contributed by atoms with Gasteiger partial charge in [-0.05, 0) is 12.5 Å². The van der Waals surface area contributed by atoms with Crippen LogP contribution in [0, 0.1) is 0 Å². The van der Waals surface area contributed by atoms with E-state index in [4.69, 9.17) is 4.74 Å². The molecule has 0 saturated heterocycles. The monoisotopic (exact) mass is 184 g/mol. The highest BCUT2D eigenvalue weighted by atomic mass is 16.6. The topological polar surface area (TPSA) is 46.5 Å². The summed E-state index contributed by atoms with van der Waals surface area (Å²) in [5.41, 5.74) is 0. The minimum absolute atomic E-state index is 0.348. The fourth-order valence-corrected chi connectivity index (χ4v) is 1.36. The molecule has 0 unspecified atom stereocenters. The molecule has 0 fully saturated rings. The quantitative estimate of drug-likeness (QED) is 0.519. The Bertz CT molecular complexity index is 198. The number of carbonyl (C=O) groups excluding carboxylic acids is 1. The van der Waals surface area contributed by atoms with Gasteiger partial charge in [0, 0.05) is 6.08 Å². The largest absolute Gasteiger partial charge is 0.452 e. The first-order valence-electron chi connectivity index (χ1n) is 4.81. The van der Waals surface area contributed by atoms with Gasteiger partial charge in [0.25, 0.3) is 0 Å². The van der Waals surface area contributed by atoms with Crippen LogP contribution in [0.2, 0.25) is 0 Å². The van der Waals surface area contributed by atoms with Gasteiger partial charge in [-0.2, -0.15) is 0 Å². The van der Waals surface area contributed by atoms with Gasteiger partial charge < -0.3 is 9.84 Å². The molecule has 0 saturated carbocycles. The van der Waals surface area contributed by atoms with E-state index >= 15 is 0 Å². The predicted octanol–water partition coefficient (Wildman–Crippen LogP) is 1.41. The normalized spacial score (nSPS) is 23.2. The lowest BCUT2D eigenvalue weighted by Gasteiger charge is -2.15. The number of aliphatic hydroxyl groups is 1. The molecule has 0 spiro atoms. The Morgan fingerprint density at radius 1 is 1.62 bits per heavy atom. The van der Waals surface area contributed by atoms with Crippen molar-refractivity contribution in [2.75, 3.05) is 0 Å². The number of hydrogen-bond acceptors (Lipinski definition) is 3. The summed E-state index contributed by atoms with van der Waals surface area (Å²) in [5, 5.41) is 9.56. The SMILES string of the molecule is CCCCC[C@H](O)[C@@H]1C=CC(=O)O1. The van der Waals surface area contributed by atoms with Crippen molar-refractivity contribution in [3.8, 4) is 0 Å². The first-order valence-corrected chi connectivity index (χ1v) is 4.81. The summed E-state index contributed by atoms with van der Waals surface area (Å²) < 4.78 is 4.85. The smallest absolute Gasteiger partial charge is 0.331 e. The molecule has 2 atom stereocenters. The van der Waals surface area contributed by atoms with E-state index in [0.29, 0.717) is 6.42 Å². The van der Waals surface area contributed by atoms with Crippen molar-refractivity contribution in [2.24, 2.45) is 0 Å². The minimum Gasteiger partial charge on any atom is -0.452 e. The lowest BCUT2D eigenvalue weighted by Crippen LogP contribution is -2.25. The second-order valence-corrected chi connectivity index (χ2v) is 3.32. The van der Waals surface area contributed by atoms with Crippen LogP contribution in [0.5, 0.6) is 0 Å². The molecular weight excluding hydrogens is 168 g/mol. The summed E-state index contributed by atoms with van der Waals surface area (Å²) in [6.45, 7) is 2.11.